The Bertz CT molecular complexity index is 537. The average Bonchev–Trinajstić information content (AvgIpc) is 2.32. The van der Waals surface area contributed by atoms with E-state index in [-0.39, 0.29) is 0 Å². The van der Waals surface area contributed by atoms with Crippen LogP contribution in [0.3, 0.4) is 0 Å². The van der Waals surface area contributed by atoms with Gasteiger partial charge in [-0.2, -0.15) is 0 Å². The minimum Gasteiger partial charge on any atom is -0.384 e. The van der Waals surface area contributed by atoms with Crippen molar-refractivity contribution in [2.24, 2.45) is 0 Å². The first-order valence-corrected chi connectivity index (χ1v) is 6.03. The molecule has 0 fully saturated rings. The third-order valence-electron chi connectivity index (χ3n) is 2.68. The van der Waals surface area contributed by atoms with Crippen LogP contribution in [0.2, 0.25) is 10.0 Å². The molecule has 0 bridgehead atoms. The van der Waals surface area contributed by atoms with Crippen molar-refractivity contribution in [2.75, 3.05) is 0 Å². The Morgan fingerprint density at radius 2 is 1.76 bits per heavy atom. The van der Waals surface area contributed by atoms with Crippen molar-refractivity contribution in [2.45, 2.75) is 13.0 Å². The standard InChI is InChI=1S/C14H12Cl2O/c1-9-4-2-7-12(13(9)16)14(17)10-5-3-6-11(15)8-10/h2-8,14,17H,1H3. The second-order valence-electron chi connectivity index (χ2n) is 3.94. The van der Waals surface area contributed by atoms with Gasteiger partial charge < -0.3 is 5.11 Å². The number of benzene rings is 2. The van der Waals surface area contributed by atoms with Gasteiger partial charge in [0.25, 0.3) is 0 Å². The molecule has 0 aliphatic carbocycles. The van der Waals surface area contributed by atoms with Crippen molar-refractivity contribution < 1.29 is 5.11 Å². The third-order valence-corrected chi connectivity index (χ3v) is 3.43. The zero-order valence-electron chi connectivity index (χ0n) is 9.32. The summed E-state index contributed by atoms with van der Waals surface area (Å²) in [4.78, 5) is 0. The topological polar surface area (TPSA) is 20.2 Å². The summed E-state index contributed by atoms with van der Waals surface area (Å²) in [6.45, 7) is 1.91. The molecule has 1 atom stereocenters. The SMILES string of the molecule is Cc1cccc(C(O)c2cccc(Cl)c2)c1Cl. The summed E-state index contributed by atoms with van der Waals surface area (Å²) in [5.74, 6) is 0. The van der Waals surface area contributed by atoms with Crippen LogP contribution < -0.4 is 0 Å². The molecule has 2 aromatic carbocycles. The van der Waals surface area contributed by atoms with Gasteiger partial charge in [-0.15, -0.1) is 0 Å². The Morgan fingerprint density at radius 1 is 1.06 bits per heavy atom. The Morgan fingerprint density at radius 3 is 2.47 bits per heavy atom. The van der Waals surface area contributed by atoms with Crippen molar-refractivity contribution in [3.8, 4) is 0 Å². The van der Waals surface area contributed by atoms with Gasteiger partial charge in [0.05, 0.1) is 0 Å². The fourth-order valence-corrected chi connectivity index (χ4v) is 2.17. The van der Waals surface area contributed by atoms with Crippen LogP contribution in [-0.2, 0) is 0 Å². The first-order chi connectivity index (χ1) is 8.09. The molecule has 0 spiro atoms. The maximum atomic E-state index is 10.3. The van der Waals surface area contributed by atoms with Gasteiger partial charge in [-0.3, -0.25) is 0 Å². The highest BCUT2D eigenvalue weighted by Gasteiger charge is 2.14. The predicted octanol–water partition coefficient (Wildman–Crippen LogP) is 4.38. The van der Waals surface area contributed by atoms with Gasteiger partial charge in [-0.05, 0) is 30.2 Å². The summed E-state index contributed by atoms with van der Waals surface area (Å²) in [5, 5.41) is 11.5. The number of hydrogen-bond acceptors (Lipinski definition) is 1. The van der Waals surface area contributed by atoms with Crippen LogP contribution >= 0.6 is 23.2 Å². The molecule has 0 heterocycles. The maximum Gasteiger partial charge on any atom is 0.106 e. The van der Waals surface area contributed by atoms with Crippen molar-refractivity contribution >= 4 is 23.2 Å². The van der Waals surface area contributed by atoms with E-state index in [1.807, 2.05) is 37.3 Å². The maximum absolute atomic E-state index is 10.3. The zero-order chi connectivity index (χ0) is 12.4. The monoisotopic (exact) mass is 266 g/mol. The Balaban J connectivity index is 2.44. The molecule has 3 heteroatoms. The number of hydrogen-bond donors (Lipinski definition) is 1. The van der Waals surface area contributed by atoms with Gasteiger partial charge in [-0.25, -0.2) is 0 Å². The van der Waals surface area contributed by atoms with Gasteiger partial charge in [0.1, 0.15) is 6.10 Å². The lowest BCUT2D eigenvalue weighted by atomic mass is 10.00. The molecule has 0 aromatic heterocycles. The number of aliphatic hydroxyl groups is 1. The molecule has 0 radical (unpaired) electrons. The molecule has 2 aromatic rings. The number of halogens is 2. The molecule has 0 saturated heterocycles. The zero-order valence-corrected chi connectivity index (χ0v) is 10.8. The van der Waals surface area contributed by atoms with Gasteiger partial charge in [-0.1, -0.05) is 53.5 Å². The summed E-state index contributed by atoms with van der Waals surface area (Å²) >= 11 is 12.1. The summed E-state index contributed by atoms with van der Waals surface area (Å²) in [5.41, 5.74) is 2.39. The van der Waals surface area contributed by atoms with E-state index in [4.69, 9.17) is 23.2 Å². The van der Waals surface area contributed by atoms with E-state index in [1.54, 1.807) is 12.1 Å². The molecule has 0 amide bonds. The predicted molar refractivity (Wildman–Crippen MR) is 71.7 cm³/mol. The van der Waals surface area contributed by atoms with Crippen LogP contribution in [0, 0.1) is 6.92 Å². The first-order valence-electron chi connectivity index (χ1n) is 5.28. The summed E-state index contributed by atoms with van der Waals surface area (Å²) in [6.07, 6.45) is -0.749. The lowest BCUT2D eigenvalue weighted by Crippen LogP contribution is -2.01. The van der Waals surface area contributed by atoms with E-state index < -0.39 is 6.10 Å². The lowest BCUT2D eigenvalue weighted by molar-refractivity contribution is 0.220. The normalized spacial score (nSPS) is 12.5. The Kier molecular flexibility index (Phi) is 3.72. The fraction of sp³-hybridized carbons (Fsp3) is 0.143. The second kappa shape index (κ2) is 5.09. The van der Waals surface area contributed by atoms with E-state index in [9.17, 15) is 5.11 Å². The van der Waals surface area contributed by atoms with E-state index in [0.717, 1.165) is 11.1 Å². The molecule has 88 valence electrons. The molecule has 1 nitrogen and oxygen atoms in total. The molecular formula is C14H12Cl2O. The van der Waals surface area contributed by atoms with Crippen LogP contribution in [0.5, 0.6) is 0 Å². The molecule has 0 aliphatic rings. The highest BCUT2D eigenvalue weighted by atomic mass is 35.5. The van der Waals surface area contributed by atoms with E-state index in [0.29, 0.717) is 15.6 Å². The molecule has 0 saturated carbocycles. The molecule has 0 aliphatic heterocycles. The Hall–Kier alpha value is -1.02. The summed E-state index contributed by atoms with van der Waals surface area (Å²) < 4.78 is 0. The van der Waals surface area contributed by atoms with E-state index in [2.05, 4.69) is 0 Å². The van der Waals surface area contributed by atoms with E-state index >= 15 is 0 Å². The van der Waals surface area contributed by atoms with Crippen LogP contribution in [-0.4, -0.2) is 5.11 Å². The van der Waals surface area contributed by atoms with Gasteiger partial charge in [0.2, 0.25) is 0 Å². The quantitative estimate of drug-likeness (QED) is 0.855. The summed E-state index contributed by atoms with van der Waals surface area (Å²) in [6, 6.07) is 12.8. The lowest BCUT2D eigenvalue weighted by Gasteiger charge is -2.14. The first kappa shape index (κ1) is 12.4. The van der Waals surface area contributed by atoms with Crippen LogP contribution in [0.25, 0.3) is 0 Å². The van der Waals surface area contributed by atoms with Crippen LogP contribution in [0.15, 0.2) is 42.5 Å². The van der Waals surface area contributed by atoms with Crippen molar-refractivity contribution in [3.63, 3.8) is 0 Å². The van der Waals surface area contributed by atoms with Crippen molar-refractivity contribution in [1.82, 2.24) is 0 Å². The van der Waals surface area contributed by atoms with Gasteiger partial charge in [0, 0.05) is 15.6 Å². The molecule has 2 rings (SSSR count). The smallest absolute Gasteiger partial charge is 0.106 e. The molecule has 17 heavy (non-hydrogen) atoms. The Labute approximate surface area is 111 Å². The highest BCUT2D eigenvalue weighted by molar-refractivity contribution is 6.32. The third kappa shape index (κ3) is 2.63. The summed E-state index contributed by atoms with van der Waals surface area (Å²) in [7, 11) is 0. The largest absolute Gasteiger partial charge is 0.384 e. The van der Waals surface area contributed by atoms with Crippen LogP contribution in [0.4, 0.5) is 0 Å². The fourth-order valence-electron chi connectivity index (χ4n) is 1.74. The van der Waals surface area contributed by atoms with Gasteiger partial charge >= 0.3 is 0 Å². The number of aryl methyl sites for hydroxylation is 1. The number of rotatable bonds is 2. The molecule has 1 unspecified atom stereocenters. The molecule has 1 N–H and O–H groups in total. The number of aliphatic hydroxyl groups excluding tert-OH is 1. The van der Waals surface area contributed by atoms with Gasteiger partial charge in [0.15, 0.2) is 0 Å². The van der Waals surface area contributed by atoms with Crippen molar-refractivity contribution in [1.29, 1.82) is 0 Å². The second-order valence-corrected chi connectivity index (χ2v) is 4.75. The van der Waals surface area contributed by atoms with E-state index in [1.165, 1.54) is 0 Å². The van der Waals surface area contributed by atoms with Crippen molar-refractivity contribution in [3.05, 3.63) is 69.2 Å². The molecular weight excluding hydrogens is 255 g/mol. The average molecular weight is 267 g/mol. The minimum absolute atomic E-state index is 0.597. The minimum atomic E-state index is -0.749. The van der Waals surface area contributed by atoms with Crippen LogP contribution in [0.1, 0.15) is 22.8 Å². The highest BCUT2D eigenvalue weighted by Crippen LogP contribution is 2.31.